The number of hydrogen-bond donors (Lipinski definition) is 3. The summed E-state index contributed by atoms with van der Waals surface area (Å²) in [6.45, 7) is 9.52. The standard InChI is InChI=1S/C17H25N3O2/c1-10(2)19-17(22)13-5-6-15(11(3)7-13)20-16(21)12(4)14-8-18-9-14/h5-7,10,12,14,18H,8-9H2,1-4H3,(H,19,22)(H,20,21). The molecule has 0 bridgehead atoms. The van der Waals surface area contributed by atoms with E-state index in [0.29, 0.717) is 11.5 Å². The minimum Gasteiger partial charge on any atom is -0.350 e. The molecule has 0 saturated carbocycles. The Bertz CT molecular complexity index is 565. The molecule has 1 aromatic carbocycles. The molecule has 2 rings (SSSR count). The zero-order chi connectivity index (χ0) is 16.3. The van der Waals surface area contributed by atoms with Gasteiger partial charge in [-0.15, -0.1) is 0 Å². The van der Waals surface area contributed by atoms with Gasteiger partial charge >= 0.3 is 0 Å². The summed E-state index contributed by atoms with van der Waals surface area (Å²) in [4.78, 5) is 24.2. The Morgan fingerprint density at radius 2 is 1.91 bits per heavy atom. The van der Waals surface area contributed by atoms with Gasteiger partial charge in [0, 0.05) is 23.2 Å². The average Bonchev–Trinajstić information content (AvgIpc) is 2.38. The van der Waals surface area contributed by atoms with Crippen LogP contribution in [0.2, 0.25) is 0 Å². The molecule has 2 amide bonds. The van der Waals surface area contributed by atoms with E-state index < -0.39 is 0 Å². The second-order valence-electron chi connectivity index (χ2n) is 6.35. The fourth-order valence-electron chi connectivity index (χ4n) is 2.42. The Balaban J connectivity index is 2.03. The van der Waals surface area contributed by atoms with Crippen LogP contribution in [0.25, 0.3) is 0 Å². The lowest BCUT2D eigenvalue weighted by Crippen LogP contribution is -2.48. The molecular formula is C17H25N3O2. The summed E-state index contributed by atoms with van der Waals surface area (Å²) >= 11 is 0. The van der Waals surface area contributed by atoms with Crippen molar-refractivity contribution in [3.05, 3.63) is 29.3 Å². The van der Waals surface area contributed by atoms with Gasteiger partial charge in [0.15, 0.2) is 0 Å². The summed E-state index contributed by atoms with van der Waals surface area (Å²) in [7, 11) is 0. The number of nitrogens with one attached hydrogen (secondary N) is 3. The van der Waals surface area contributed by atoms with E-state index in [1.54, 1.807) is 12.1 Å². The van der Waals surface area contributed by atoms with Crippen LogP contribution in [0.1, 0.15) is 36.7 Å². The minimum atomic E-state index is -0.0927. The molecule has 0 spiro atoms. The van der Waals surface area contributed by atoms with Crippen molar-refractivity contribution in [2.24, 2.45) is 11.8 Å². The van der Waals surface area contributed by atoms with Gasteiger partial charge in [0.05, 0.1) is 0 Å². The molecule has 1 aromatic rings. The fourth-order valence-corrected chi connectivity index (χ4v) is 2.42. The normalized spacial score (nSPS) is 16.0. The summed E-state index contributed by atoms with van der Waals surface area (Å²) in [5.41, 5.74) is 2.27. The highest BCUT2D eigenvalue weighted by Gasteiger charge is 2.28. The van der Waals surface area contributed by atoms with Crippen LogP contribution in [0.4, 0.5) is 5.69 Å². The number of rotatable bonds is 5. The van der Waals surface area contributed by atoms with E-state index in [-0.39, 0.29) is 23.8 Å². The average molecular weight is 303 g/mol. The molecular weight excluding hydrogens is 278 g/mol. The molecule has 0 radical (unpaired) electrons. The van der Waals surface area contributed by atoms with Crippen LogP contribution in [-0.2, 0) is 4.79 Å². The van der Waals surface area contributed by atoms with Crippen LogP contribution in [0, 0.1) is 18.8 Å². The van der Waals surface area contributed by atoms with Gasteiger partial charge in [-0.3, -0.25) is 9.59 Å². The number of hydrogen-bond acceptors (Lipinski definition) is 3. The first-order valence-corrected chi connectivity index (χ1v) is 7.81. The molecule has 5 nitrogen and oxygen atoms in total. The number of benzene rings is 1. The van der Waals surface area contributed by atoms with Crippen molar-refractivity contribution in [2.45, 2.75) is 33.7 Å². The first kappa shape index (κ1) is 16.5. The van der Waals surface area contributed by atoms with E-state index in [4.69, 9.17) is 0 Å². The summed E-state index contributed by atoms with van der Waals surface area (Å²) < 4.78 is 0. The first-order valence-electron chi connectivity index (χ1n) is 7.81. The first-order chi connectivity index (χ1) is 10.4. The molecule has 3 N–H and O–H groups in total. The molecule has 1 atom stereocenters. The van der Waals surface area contributed by atoms with E-state index in [9.17, 15) is 9.59 Å². The molecule has 1 aliphatic heterocycles. The van der Waals surface area contributed by atoms with Crippen molar-refractivity contribution in [1.82, 2.24) is 10.6 Å². The van der Waals surface area contributed by atoms with Crippen LogP contribution in [0.15, 0.2) is 18.2 Å². The summed E-state index contributed by atoms with van der Waals surface area (Å²) in [6.07, 6.45) is 0. The van der Waals surface area contributed by atoms with Crippen molar-refractivity contribution < 1.29 is 9.59 Å². The lowest BCUT2D eigenvalue weighted by atomic mass is 9.88. The van der Waals surface area contributed by atoms with Crippen molar-refractivity contribution >= 4 is 17.5 Å². The molecule has 0 aliphatic carbocycles. The van der Waals surface area contributed by atoms with Crippen molar-refractivity contribution in [1.29, 1.82) is 0 Å². The number of aryl methyl sites for hydroxylation is 1. The number of anilines is 1. The minimum absolute atomic E-state index is 0.00966. The smallest absolute Gasteiger partial charge is 0.251 e. The second kappa shape index (κ2) is 6.92. The van der Waals surface area contributed by atoms with E-state index in [1.165, 1.54) is 0 Å². The van der Waals surface area contributed by atoms with Crippen LogP contribution in [-0.4, -0.2) is 30.9 Å². The third-order valence-corrected chi connectivity index (χ3v) is 4.10. The highest BCUT2D eigenvalue weighted by Crippen LogP contribution is 2.21. The molecule has 1 aliphatic rings. The van der Waals surface area contributed by atoms with E-state index in [1.807, 2.05) is 33.8 Å². The molecule has 1 unspecified atom stereocenters. The molecule has 1 heterocycles. The molecule has 0 aromatic heterocycles. The van der Waals surface area contributed by atoms with Gasteiger partial charge in [-0.1, -0.05) is 6.92 Å². The van der Waals surface area contributed by atoms with Gasteiger partial charge in [-0.2, -0.15) is 0 Å². The van der Waals surface area contributed by atoms with Crippen LogP contribution < -0.4 is 16.0 Å². The van der Waals surface area contributed by atoms with Crippen LogP contribution in [0.5, 0.6) is 0 Å². The molecule has 120 valence electrons. The quantitative estimate of drug-likeness (QED) is 0.778. The number of carbonyl (C=O) groups excluding carboxylic acids is 2. The lowest BCUT2D eigenvalue weighted by Gasteiger charge is -2.31. The van der Waals surface area contributed by atoms with Gasteiger partial charge in [0.25, 0.3) is 5.91 Å². The van der Waals surface area contributed by atoms with Gasteiger partial charge in [0.2, 0.25) is 5.91 Å². The summed E-state index contributed by atoms with van der Waals surface area (Å²) in [5, 5.41) is 9.01. The summed E-state index contributed by atoms with van der Waals surface area (Å²) in [5.74, 6) is 0.347. The van der Waals surface area contributed by atoms with Gasteiger partial charge in [0.1, 0.15) is 0 Å². The third-order valence-electron chi connectivity index (χ3n) is 4.10. The lowest BCUT2D eigenvalue weighted by molar-refractivity contribution is -0.121. The number of amides is 2. The third kappa shape index (κ3) is 3.85. The van der Waals surface area contributed by atoms with Crippen LogP contribution >= 0.6 is 0 Å². The molecule has 5 heteroatoms. The molecule has 22 heavy (non-hydrogen) atoms. The largest absolute Gasteiger partial charge is 0.350 e. The Kier molecular flexibility index (Phi) is 5.19. The predicted molar refractivity (Wildman–Crippen MR) is 87.9 cm³/mol. The Morgan fingerprint density at radius 1 is 1.23 bits per heavy atom. The Hall–Kier alpha value is -1.88. The van der Waals surface area contributed by atoms with Crippen molar-refractivity contribution in [3.8, 4) is 0 Å². The van der Waals surface area contributed by atoms with E-state index in [2.05, 4.69) is 16.0 Å². The van der Waals surface area contributed by atoms with E-state index >= 15 is 0 Å². The number of carbonyl (C=O) groups is 2. The Morgan fingerprint density at radius 3 is 2.41 bits per heavy atom. The van der Waals surface area contributed by atoms with Crippen molar-refractivity contribution in [3.63, 3.8) is 0 Å². The van der Waals surface area contributed by atoms with Gasteiger partial charge < -0.3 is 16.0 Å². The SMILES string of the molecule is Cc1cc(C(=O)NC(C)C)ccc1NC(=O)C(C)C1CNC1. The highest BCUT2D eigenvalue weighted by molar-refractivity contribution is 5.97. The van der Waals surface area contributed by atoms with Gasteiger partial charge in [-0.05, 0) is 63.5 Å². The highest BCUT2D eigenvalue weighted by atomic mass is 16.2. The fraction of sp³-hybridized carbons (Fsp3) is 0.529. The zero-order valence-corrected chi connectivity index (χ0v) is 13.7. The topological polar surface area (TPSA) is 70.2 Å². The monoisotopic (exact) mass is 303 g/mol. The maximum Gasteiger partial charge on any atom is 0.251 e. The summed E-state index contributed by atoms with van der Waals surface area (Å²) in [6, 6.07) is 5.46. The predicted octanol–water partition coefficient (Wildman–Crippen LogP) is 1.93. The maximum atomic E-state index is 12.2. The van der Waals surface area contributed by atoms with Crippen LogP contribution in [0.3, 0.4) is 0 Å². The molecule has 1 saturated heterocycles. The Labute approximate surface area is 131 Å². The van der Waals surface area contributed by atoms with E-state index in [0.717, 1.165) is 24.3 Å². The van der Waals surface area contributed by atoms with Crippen molar-refractivity contribution in [2.75, 3.05) is 18.4 Å². The van der Waals surface area contributed by atoms with Gasteiger partial charge in [-0.25, -0.2) is 0 Å². The maximum absolute atomic E-state index is 12.2. The molecule has 1 fully saturated rings. The zero-order valence-electron chi connectivity index (χ0n) is 13.7. The second-order valence-corrected chi connectivity index (χ2v) is 6.35.